The number of benzene rings is 1. The lowest BCUT2D eigenvalue weighted by molar-refractivity contribution is -0.116. The molecule has 1 saturated heterocycles. The molecule has 2 N–H and O–H groups in total. The SMILES string of the molecule is CNCCC(=O)Nc1cccc(C(=O)N2CCSCC2)c1.Cl. The number of rotatable bonds is 5. The Morgan fingerprint density at radius 1 is 1.27 bits per heavy atom. The second-order valence-electron chi connectivity index (χ2n) is 4.89. The maximum atomic E-state index is 12.4. The fraction of sp³-hybridized carbons (Fsp3) is 0.467. The van der Waals surface area contributed by atoms with Crippen molar-refractivity contribution in [2.45, 2.75) is 6.42 Å². The van der Waals surface area contributed by atoms with E-state index in [1.165, 1.54) is 0 Å². The van der Waals surface area contributed by atoms with E-state index in [1.54, 1.807) is 24.3 Å². The molecule has 0 aliphatic carbocycles. The highest BCUT2D eigenvalue weighted by molar-refractivity contribution is 7.99. The van der Waals surface area contributed by atoms with Crippen LogP contribution in [0.1, 0.15) is 16.8 Å². The number of thioether (sulfide) groups is 1. The van der Waals surface area contributed by atoms with Gasteiger partial charge in [0, 0.05) is 48.8 Å². The standard InChI is InChI=1S/C15H21N3O2S.ClH/c1-16-6-5-14(19)17-13-4-2-3-12(11-13)15(20)18-7-9-21-10-8-18;/h2-4,11,16H,5-10H2,1H3,(H,17,19);1H. The third-order valence-corrected chi connectivity index (χ3v) is 4.24. The Hall–Kier alpha value is -1.24. The molecule has 22 heavy (non-hydrogen) atoms. The summed E-state index contributed by atoms with van der Waals surface area (Å²) in [6, 6.07) is 7.16. The van der Waals surface area contributed by atoms with Gasteiger partial charge in [0.05, 0.1) is 0 Å². The second kappa shape index (κ2) is 9.71. The van der Waals surface area contributed by atoms with Gasteiger partial charge in [-0.05, 0) is 25.2 Å². The summed E-state index contributed by atoms with van der Waals surface area (Å²) >= 11 is 1.87. The Kier molecular flexibility index (Phi) is 8.30. The predicted octanol–water partition coefficient (Wildman–Crippen LogP) is 1.85. The number of halogens is 1. The zero-order valence-electron chi connectivity index (χ0n) is 12.6. The molecule has 7 heteroatoms. The zero-order chi connectivity index (χ0) is 15.1. The Labute approximate surface area is 141 Å². The molecule has 0 unspecified atom stereocenters. The molecule has 1 aromatic carbocycles. The third kappa shape index (κ3) is 5.51. The monoisotopic (exact) mass is 343 g/mol. The van der Waals surface area contributed by atoms with Gasteiger partial charge in [0.2, 0.25) is 5.91 Å². The first-order valence-corrected chi connectivity index (χ1v) is 8.27. The maximum Gasteiger partial charge on any atom is 0.253 e. The molecule has 1 fully saturated rings. The topological polar surface area (TPSA) is 61.4 Å². The molecule has 5 nitrogen and oxygen atoms in total. The fourth-order valence-electron chi connectivity index (χ4n) is 2.14. The van der Waals surface area contributed by atoms with E-state index in [9.17, 15) is 9.59 Å². The molecule has 0 atom stereocenters. The summed E-state index contributed by atoms with van der Waals surface area (Å²) in [6.45, 7) is 2.22. The van der Waals surface area contributed by atoms with Crippen molar-refractivity contribution in [3.05, 3.63) is 29.8 Å². The molecule has 1 heterocycles. The van der Waals surface area contributed by atoms with Crippen LogP contribution in [0.15, 0.2) is 24.3 Å². The van der Waals surface area contributed by atoms with Gasteiger partial charge < -0.3 is 15.5 Å². The first-order valence-electron chi connectivity index (χ1n) is 7.12. The summed E-state index contributed by atoms with van der Waals surface area (Å²) < 4.78 is 0. The maximum absolute atomic E-state index is 12.4. The van der Waals surface area contributed by atoms with Gasteiger partial charge in [-0.2, -0.15) is 11.8 Å². The molecule has 1 aliphatic heterocycles. The number of carbonyl (C=O) groups is 2. The summed E-state index contributed by atoms with van der Waals surface area (Å²) in [6.07, 6.45) is 0.415. The van der Waals surface area contributed by atoms with Crippen LogP contribution in [0.5, 0.6) is 0 Å². The minimum absolute atomic E-state index is 0. The molecule has 1 aliphatic rings. The van der Waals surface area contributed by atoms with E-state index in [4.69, 9.17) is 0 Å². The van der Waals surface area contributed by atoms with Crippen LogP contribution in [0.3, 0.4) is 0 Å². The minimum Gasteiger partial charge on any atom is -0.337 e. The van der Waals surface area contributed by atoms with E-state index in [-0.39, 0.29) is 24.2 Å². The smallest absolute Gasteiger partial charge is 0.253 e. The van der Waals surface area contributed by atoms with Gasteiger partial charge in [0.15, 0.2) is 0 Å². The van der Waals surface area contributed by atoms with Crippen LogP contribution in [0.2, 0.25) is 0 Å². The van der Waals surface area contributed by atoms with E-state index in [0.717, 1.165) is 24.6 Å². The van der Waals surface area contributed by atoms with Crippen molar-refractivity contribution in [2.75, 3.05) is 43.5 Å². The molecule has 0 radical (unpaired) electrons. The van der Waals surface area contributed by atoms with E-state index in [1.807, 2.05) is 23.7 Å². The molecule has 0 aromatic heterocycles. The first kappa shape index (κ1) is 18.8. The van der Waals surface area contributed by atoms with Gasteiger partial charge in [-0.1, -0.05) is 6.07 Å². The van der Waals surface area contributed by atoms with Crippen molar-refractivity contribution in [3.63, 3.8) is 0 Å². The fourth-order valence-corrected chi connectivity index (χ4v) is 3.04. The lowest BCUT2D eigenvalue weighted by atomic mass is 10.1. The molecule has 0 spiro atoms. The normalized spacial score (nSPS) is 14.1. The highest BCUT2D eigenvalue weighted by Gasteiger charge is 2.18. The van der Waals surface area contributed by atoms with Crippen molar-refractivity contribution in [1.29, 1.82) is 0 Å². The van der Waals surface area contributed by atoms with Crippen LogP contribution in [-0.4, -0.2) is 54.9 Å². The van der Waals surface area contributed by atoms with Gasteiger partial charge >= 0.3 is 0 Å². The number of anilines is 1. The lowest BCUT2D eigenvalue weighted by Crippen LogP contribution is -2.37. The van der Waals surface area contributed by atoms with Crippen molar-refractivity contribution in [1.82, 2.24) is 10.2 Å². The average Bonchev–Trinajstić information content (AvgIpc) is 2.53. The van der Waals surface area contributed by atoms with Crippen LogP contribution in [0, 0.1) is 0 Å². The quantitative estimate of drug-likeness (QED) is 0.856. The Morgan fingerprint density at radius 3 is 2.68 bits per heavy atom. The number of hydrogen-bond acceptors (Lipinski definition) is 4. The zero-order valence-corrected chi connectivity index (χ0v) is 14.3. The number of nitrogens with one attached hydrogen (secondary N) is 2. The summed E-state index contributed by atoms with van der Waals surface area (Å²) in [5.41, 5.74) is 1.31. The summed E-state index contributed by atoms with van der Waals surface area (Å²) in [5, 5.41) is 5.75. The van der Waals surface area contributed by atoms with Gasteiger partial charge in [0.25, 0.3) is 5.91 Å². The van der Waals surface area contributed by atoms with E-state index in [2.05, 4.69) is 10.6 Å². The average molecular weight is 344 g/mol. The highest BCUT2D eigenvalue weighted by Crippen LogP contribution is 2.16. The molecule has 1 aromatic rings. The second-order valence-corrected chi connectivity index (χ2v) is 6.11. The van der Waals surface area contributed by atoms with Crippen molar-refractivity contribution in [3.8, 4) is 0 Å². The Morgan fingerprint density at radius 2 is 2.00 bits per heavy atom. The van der Waals surface area contributed by atoms with Crippen molar-refractivity contribution >= 4 is 41.7 Å². The van der Waals surface area contributed by atoms with E-state index >= 15 is 0 Å². The van der Waals surface area contributed by atoms with Gasteiger partial charge in [-0.15, -0.1) is 12.4 Å². The van der Waals surface area contributed by atoms with Crippen LogP contribution in [0.4, 0.5) is 5.69 Å². The number of nitrogens with zero attached hydrogens (tertiary/aromatic N) is 1. The van der Waals surface area contributed by atoms with Crippen LogP contribution >= 0.6 is 24.2 Å². The molecule has 2 amide bonds. The van der Waals surface area contributed by atoms with E-state index < -0.39 is 0 Å². The Bertz CT molecular complexity index is 507. The number of hydrogen-bond donors (Lipinski definition) is 2. The number of amides is 2. The highest BCUT2D eigenvalue weighted by atomic mass is 35.5. The van der Waals surface area contributed by atoms with E-state index in [0.29, 0.717) is 24.2 Å². The third-order valence-electron chi connectivity index (χ3n) is 3.29. The van der Waals surface area contributed by atoms with Crippen molar-refractivity contribution in [2.24, 2.45) is 0 Å². The molecular weight excluding hydrogens is 322 g/mol. The minimum atomic E-state index is -0.0525. The molecule has 0 bridgehead atoms. The number of carbonyl (C=O) groups excluding carboxylic acids is 2. The molecule has 0 saturated carbocycles. The molecule has 122 valence electrons. The van der Waals surface area contributed by atoms with Crippen molar-refractivity contribution < 1.29 is 9.59 Å². The summed E-state index contributed by atoms with van der Waals surface area (Å²) in [4.78, 5) is 26.0. The van der Waals surface area contributed by atoms with Gasteiger partial charge in [-0.3, -0.25) is 9.59 Å². The van der Waals surface area contributed by atoms with Gasteiger partial charge in [-0.25, -0.2) is 0 Å². The molecular formula is C15H22ClN3O2S. The summed E-state index contributed by atoms with van der Waals surface area (Å²) in [5.74, 6) is 1.98. The molecule has 2 rings (SSSR count). The predicted molar refractivity (Wildman–Crippen MR) is 94.1 cm³/mol. The Balaban J connectivity index is 0.00000242. The van der Waals surface area contributed by atoms with Gasteiger partial charge in [0.1, 0.15) is 0 Å². The largest absolute Gasteiger partial charge is 0.337 e. The van der Waals surface area contributed by atoms with Crippen LogP contribution < -0.4 is 10.6 Å². The van der Waals surface area contributed by atoms with Crippen LogP contribution in [0.25, 0.3) is 0 Å². The first-order chi connectivity index (χ1) is 10.2. The lowest BCUT2D eigenvalue weighted by Gasteiger charge is -2.26. The summed E-state index contributed by atoms with van der Waals surface area (Å²) in [7, 11) is 1.81. The van der Waals surface area contributed by atoms with Crippen LogP contribution in [-0.2, 0) is 4.79 Å².